The summed E-state index contributed by atoms with van der Waals surface area (Å²) in [6.07, 6.45) is 0. The highest BCUT2D eigenvalue weighted by Crippen LogP contribution is 2.20. The van der Waals surface area contributed by atoms with Gasteiger partial charge < -0.3 is 14.5 Å². The Morgan fingerprint density at radius 1 is 1.10 bits per heavy atom. The number of fused-ring (bicyclic) bond motifs is 1. The summed E-state index contributed by atoms with van der Waals surface area (Å²) in [5.41, 5.74) is 0.925. The topological polar surface area (TPSA) is 68.4 Å². The molecule has 1 aromatic carbocycles. The molecule has 0 bridgehead atoms. The molecule has 106 valence electrons. The molecule has 0 aliphatic rings. The number of ether oxygens (including phenoxy) is 2. The van der Waals surface area contributed by atoms with Gasteiger partial charge in [0.2, 0.25) is 0 Å². The summed E-state index contributed by atoms with van der Waals surface area (Å²) in [5.74, 6) is -0.839. The first-order valence-electron chi connectivity index (χ1n) is 6.24. The lowest BCUT2D eigenvalue weighted by Crippen LogP contribution is -2.24. The Labute approximate surface area is 116 Å². The van der Waals surface area contributed by atoms with Gasteiger partial charge in [-0.1, -0.05) is 6.07 Å². The van der Waals surface area contributed by atoms with Gasteiger partial charge >= 0.3 is 11.9 Å². The minimum atomic E-state index is -0.550. The lowest BCUT2D eigenvalue weighted by molar-refractivity contribution is 0.00637. The minimum Gasteiger partial charge on any atom is -0.465 e. The largest absolute Gasteiger partial charge is 0.465 e. The number of aromatic amines is 1. The van der Waals surface area contributed by atoms with Crippen molar-refractivity contribution in [3.05, 3.63) is 35.5 Å². The fourth-order valence-electron chi connectivity index (χ4n) is 1.81. The number of carbonyl (C=O) groups is 2. The van der Waals surface area contributed by atoms with Gasteiger partial charge in [0, 0.05) is 10.9 Å². The number of nitrogens with one attached hydrogen (secondary N) is 1. The molecule has 0 aliphatic heterocycles. The highest BCUT2D eigenvalue weighted by Gasteiger charge is 2.19. The predicted molar refractivity (Wildman–Crippen MR) is 74.8 cm³/mol. The van der Waals surface area contributed by atoms with Crippen LogP contribution in [0.1, 0.15) is 41.6 Å². The third kappa shape index (κ3) is 2.99. The monoisotopic (exact) mass is 275 g/mol. The average molecular weight is 275 g/mol. The Morgan fingerprint density at radius 3 is 2.40 bits per heavy atom. The maximum Gasteiger partial charge on any atom is 0.355 e. The molecule has 0 aliphatic carbocycles. The number of H-pyrrole nitrogens is 1. The van der Waals surface area contributed by atoms with E-state index >= 15 is 0 Å². The normalized spacial score (nSPS) is 11.4. The van der Waals surface area contributed by atoms with E-state index in [1.807, 2.05) is 20.8 Å². The molecule has 20 heavy (non-hydrogen) atoms. The number of hydrogen-bond acceptors (Lipinski definition) is 4. The van der Waals surface area contributed by atoms with E-state index in [9.17, 15) is 9.59 Å². The van der Waals surface area contributed by atoms with Crippen molar-refractivity contribution in [1.82, 2.24) is 4.98 Å². The Bertz CT molecular complexity index is 664. The van der Waals surface area contributed by atoms with Crippen molar-refractivity contribution in [2.24, 2.45) is 0 Å². The molecule has 0 amide bonds. The van der Waals surface area contributed by atoms with Gasteiger partial charge in [-0.2, -0.15) is 0 Å². The number of aromatic nitrogens is 1. The molecule has 0 fully saturated rings. The molecule has 2 rings (SSSR count). The van der Waals surface area contributed by atoms with Crippen molar-refractivity contribution in [2.45, 2.75) is 26.4 Å². The fourth-order valence-corrected chi connectivity index (χ4v) is 1.81. The van der Waals surface area contributed by atoms with Crippen LogP contribution >= 0.6 is 0 Å². The van der Waals surface area contributed by atoms with Gasteiger partial charge in [0.1, 0.15) is 11.3 Å². The molecule has 2 aromatic rings. The van der Waals surface area contributed by atoms with Crippen LogP contribution in [0.15, 0.2) is 24.3 Å². The second-order valence-electron chi connectivity index (χ2n) is 5.48. The molecule has 1 N–H and O–H groups in total. The first kappa shape index (κ1) is 14.1. The summed E-state index contributed by atoms with van der Waals surface area (Å²) in [5, 5.41) is 0.832. The molecular weight excluding hydrogens is 258 g/mol. The number of hydrogen-bond donors (Lipinski definition) is 1. The summed E-state index contributed by atoms with van der Waals surface area (Å²) < 4.78 is 9.95. The van der Waals surface area contributed by atoms with Gasteiger partial charge in [0.25, 0.3) is 0 Å². The van der Waals surface area contributed by atoms with Crippen molar-refractivity contribution in [3.63, 3.8) is 0 Å². The van der Waals surface area contributed by atoms with Crippen molar-refractivity contribution >= 4 is 22.8 Å². The van der Waals surface area contributed by atoms with E-state index < -0.39 is 17.5 Å². The Balaban J connectivity index is 2.34. The van der Waals surface area contributed by atoms with Gasteiger partial charge in [-0.15, -0.1) is 0 Å². The third-order valence-corrected chi connectivity index (χ3v) is 2.66. The van der Waals surface area contributed by atoms with Crippen molar-refractivity contribution in [2.75, 3.05) is 7.11 Å². The van der Waals surface area contributed by atoms with Crippen molar-refractivity contribution in [3.8, 4) is 0 Å². The van der Waals surface area contributed by atoms with E-state index in [1.165, 1.54) is 7.11 Å². The molecule has 0 spiro atoms. The molecule has 1 heterocycles. The highest BCUT2D eigenvalue weighted by molar-refractivity contribution is 5.98. The molecule has 0 unspecified atom stereocenters. The Kier molecular flexibility index (Phi) is 3.53. The van der Waals surface area contributed by atoms with E-state index in [1.54, 1.807) is 24.3 Å². The molecule has 1 aromatic heterocycles. The van der Waals surface area contributed by atoms with Crippen LogP contribution in [-0.4, -0.2) is 29.6 Å². The fraction of sp³-hybridized carbons (Fsp3) is 0.333. The maximum absolute atomic E-state index is 12.0. The van der Waals surface area contributed by atoms with E-state index in [2.05, 4.69) is 9.72 Å². The lowest BCUT2D eigenvalue weighted by atomic mass is 10.1. The minimum absolute atomic E-state index is 0.358. The van der Waals surface area contributed by atoms with Crippen LogP contribution in [0.3, 0.4) is 0 Å². The maximum atomic E-state index is 12.0. The quantitative estimate of drug-likeness (QED) is 0.856. The van der Waals surface area contributed by atoms with Gasteiger partial charge in [0.15, 0.2) is 0 Å². The van der Waals surface area contributed by atoms with E-state index in [0.29, 0.717) is 16.8 Å². The van der Waals surface area contributed by atoms with Gasteiger partial charge in [-0.3, -0.25) is 0 Å². The van der Waals surface area contributed by atoms with Crippen LogP contribution in [0.5, 0.6) is 0 Å². The number of esters is 2. The van der Waals surface area contributed by atoms with Crippen LogP contribution in [0.2, 0.25) is 0 Å². The smallest absolute Gasteiger partial charge is 0.355 e. The summed E-state index contributed by atoms with van der Waals surface area (Å²) >= 11 is 0. The van der Waals surface area contributed by atoms with Crippen molar-refractivity contribution < 1.29 is 19.1 Å². The second kappa shape index (κ2) is 5.00. The summed E-state index contributed by atoms with van der Waals surface area (Å²) in [6, 6.07) is 6.76. The molecular formula is C15H17NO4. The van der Waals surface area contributed by atoms with Crippen LogP contribution in [0, 0.1) is 0 Å². The third-order valence-electron chi connectivity index (χ3n) is 2.66. The summed E-state index contributed by atoms with van der Waals surface area (Å²) in [4.78, 5) is 26.4. The predicted octanol–water partition coefficient (Wildman–Crippen LogP) is 2.91. The first-order valence-corrected chi connectivity index (χ1v) is 6.24. The molecule has 5 heteroatoms. The van der Waals surface area contributed by atoms with Crippen LogP contribution < -0.4 is 0 Å². The number of carbonyl (C=O) groups excluding carboxylic acids is 2. The number of benzene rings is 1. The first-order chi connectivity index (χ1) is 9.30. The van der Waals surface area contributed by atoms with Crippen molar-refractivity contribution in [1.29, 1.82) is 0 Å². The van der Waals surface area contributed by atoms with Gasteiger partial charge in [-0.25, -0.2) is 9.59 Å². The second-order valence-corrected chi connectivity index (χ2v) is 5.48. The Morgan fingerprint density at radius 2 is 1.80 bits per heavy atom. The SMILES string of the molecule is COC(=O)c1ccc2cc(C(=O)OC(C)(C)C)[nH]c2c1. The zero-order chi connectivity index (χ0) is 14.9. The molecule has 0 atom stereocenters. The number of rotatable bonds is 2. The molecule has 0 saturated carbocycles. The standard InChI is InChI=1S/C15H17NO4/c1-15(2,3)20-14(18)12-7-9-5-6-10(13(17)19-4)8-11(9)16-12/h5-8,16H,1-4H3. The lowest BCUT2D eigenvalue weighted by Gasteiger charge is -2.18. The van der Waals surface area contributed by atoms with E-state index in [4.69, 9.17) is 4.74 Å². The molecule has 5 nitrogen and oxygen atoms in total. The summed E-state index contributed by atoms with van der Waals surface area (Å²) in [6.45, 7) is 5.43. The molecule has 0 saturated heterocycles. The Hall–Kier alpha value is -2.30. The average Bonchev–Trinajstić information content (AvgIpc) is 2.78. The van der Waals surface area contributed by atoms with Crippen LogP contribution in [-0.2, 0) is 9.47 Å². The molecule has 0 radical (unpaired) electrons. The van der Waals surface area contributed by atoms with Crippen LogP contribution in [0.4, 0.5) is 0 Å². The van der Waals surface area contributed by atoms with Gasteiger partial charge in [-0.05, 0) is 39.0 Å². The van der Waals surface area contributed by atoms with E-state index in [0.717, 1.165) is 5.39 Å². The van der Waals surface area contributed by atoms with Crippen LogP contribution in [0.25, 0.3) is 10.9 Å². The summed E-state index contributed by atoms with van der Waals surface area (Å²) in [7, 11) is 1.33. The van der Waals surface area contributed by atoms with Gasteiger partial charge in [0.05, 0.1) is 12.7 Å². The zero-order valence-electron chi connectivity index (χ0n) is 11.9. The zero-order valence-corrected chi connectivity index (χ0v) is 11.9. The number of methoxy groups -OCH3 is 1. The van der Waals surface area contributed by atoms with E-state index in [-0.39, 0.29) is 0 Å². The highest BCUT2D eigenvalue weighted by atomic mass is 16.6.